The molecule has 0 saturated carbocycles. The van der Waals surface area contributed by atoms with E-state index < -0.39 is 0 Å². The van der Waals surface area contributed by atoms with Crippen LogP contribution in [-0.2, 0) is 0 Å². The molecule has 1 nitrogen and oxygen atoms in total. The molecule has 0 saturated heterocycles. The zero-order chi connectivity index (χ0) is 11.2. The quantitative estimate of drug-likeness (QED) is 0.601. The Morgan fingerprint density at radius 1 is 1.29 bits per heavy atom. The van der Waals surface area contributed by atoms with Gasteiger partial charge in [0.1, 0.15) is 0 Å². The highest BCUT2D eigenvalue weighted by molar-refractivity contribution is 5.10. The maximum atomic E-state index is 9.11. The van der Waals surface area contributed by atoms with Crippen molar-refractivity contribution in [1.29, 1.82) is 5.26 Å². The molecule has 0 spiro atoms. The average molecular weight is 193 g/mol. The molecular formula is C13H23N. The van der Waals surface area contributed by atoms with Gasteiger partial charge in [0, 0.05) is 0 Å². The van der Waals surface area contributed by atoms with Crippen molar-refractivity contribution in [2.75, 3.05) is 0 Å². The third-order valence-corrected chi connectivity index (χ3v) is 2.35. The highest BCUT2D eigenvalue weighted by Gasteiger charge is 2.20. The van der Waals surface area contributed by atoms with Gasteiger partial charge >= 0.3 is 0 Å². The molecule has 0 amide bonds. The summed E-state index contributed by atoms with van der Waals surface area (Å²) in [5, 5.41) is 9.11. The predicted octanol–water partition coefficient (Wildman–Crippen LogP) is 4.16. The third-order valence-electron chi connectivity index (χ3n) is 2.35. The molecule has 0 aliphatic carbocycles. The Morgan fingerprint density at radius 3 is 2.21 bits per heavy atom. The lowest BCUT2D eigenvalue weighted by atomic mass is 9.84. The first-order chi connectivity index (χ1) is 6.39. The molecule has 0 heterocycles. The lowest BCUT2D eigenvalue weighted by Crippen LogP contribution is -2.11. The lowest BCUT2D eigenvalue weighted by molar-refractivity contribution is 0.432. The highest BCUT2D eigenvalue weighted by atomic mass is 14.3. The summed E-state index contributed by atoms with van der Waals surface area (Å²) >= 11 is 0. The average Bonchev–Trinajstić information content (AvgIpc) is 2.11. The molecule has 0 rings (SSSR count). The summed E-state index contributed by atoms with van der Waals surface area (Å²) in [6, 6.07) is 2.40. The smallest absolute Gasteiger partial charge is 0.0728 e. The number of nitrogens with zero attached hydrogens (tertiary/aromatic N) is 1. The summed E-state index contributed by atoms with van der Waals surface area (Å²) in [4.78, 5) is 0. The third kappa shape index (κ3) is 5.80. The molecule has 14 heavy (non-hydrogen) atoms. The zero-order valence-electron chi connectivity index (χ0n) is 10.2. The Bertz CT molecular complexity index is 220. The van der Waals surface area contributed by atoms with Crippen LogP contribution < -0.4 is 0 Å². The van der Waals surface area contributed by atoms with Gasteiger partial charge in [0.05, 0.1) is 11.5 Å². The summed E-state index contributed by atoms with van der Waals surface area (Å²) in [5.41, 5.74) is -0.269. The van der Waals surface area contributed by atoms with Crippen molar-refractivity contribution in [3.05, 3.63) is 12.2 Å². The van der Waals surface area contributed by atoms with Crippen molar-refractivity contribution in [2.45, 2.75) is 47.5 Å². The number of allylic oxidation sites excluding steroid dienone is 2. The highest BCUT2D eigenvalue weighted by Crippen LogP contribution is 2.26. The van der Waals surface area contributed by atoms with E-state index in [4.69, 9.17) is 5.26 Å². The van der Waals surface area contributed by atoms with Gasteiger partial charge in [-0.3, -0.25) is 0 Å². The molecule has 0 aromatic heterocycles. The van der Waals surface area contributed by atoms with E-state index >= 15 is 0 Å². The number of rotatable bonds is 5. The SMILES string of the molecule is CC(C)C=CC(C)(C#N)CCC(C)C. The summed E-state index contributed by atoms with van der Waals surface area (Å²) in [7, 11) is 0. The predicted molar refractivity (Wildman–Crippen MR) is 61.8 cm³/mol. The number of hydrogen-bond donors (Lipinski definition) is 0. The van der Waals surface area contributed by atoms with Gasteiger partial charge in [-0.05, 0) is 31.6 Å². The maximum absolute atomic E-state index is 9.11. The van der Waals surface area contributed by atoms with Crippen molar-refractivity contribution < 1.29 is 0 Å². The van der Waals surface area contributed by atoms with Crippen LogP contribution in [-0.4, -0.2) is 0 Å². The Labute approximate surface area is 88.8 Å². The largest absolute Gasteiger partial charge is 0.197 e. The molecule has 0 N–H and O–H groups in total. The van der Waals surface area contributed by atoms with Crippen LogP contribution in [0.3, 0.4) is 0 Å². The molecule has 80 valence electrons. The van der Waals surface area contributed by atoms with Crippen LogP contribution in [0.5, 0.6) is 0 Å². The van der Waals surface area contributed by atoms with Crippen LogP contribution >= 0.6 is 0 Å². The van der Waals surface area contributed by atoms with Crippen molar-refractivity contribution >= 4 is 0 Å². The molecule has 0 radical (unpaired) electrons. The van der Waals surface area contributed by atoms with Gasteiger partial charge in [-0.15, -0.1) is 0 Å². The van der Waals surface area contributed by atoms with Gasteiger partial charge in [-0.25, -0.2) is 0 Å². The van der Waals surface area contributed by atoms with Crippen LogP contribution in [0.2, 0.25) is 0 Å². The van der Waals surface area contributed by atoms with E-state index in [1.165, 1.54) is 0 Å². The van der Waals surface area contributed by atoms with E-state index in [-0.39, 0.29) is 5.41 Å². The first-order valence-electron chi connectivity index (χ1n) is 5.50. The molecule has 0 fully saturated rings. The topological polar surface area (TPSA) is 23.8 Å². The summed E-state index contributed by atoms with van der Waals surface area (Å²) < 4.78 is 0. The molecule has 0 bridgehead atoms. The van der Waals surface area contributed by atoms with Crippen molar-refractivity contribution in [2.24, 2.45) is 17.3 Å². The Balaban J connectivity index is 4.27. The second kappa shape index (κ2) is 5.86. The van der Waals surface area contributed by atoms with Gasteiger partial charge in [0.2, 0.25) is 0 Å². The number of nitriles is 1. The van der Waals surface area contributed by atoms with Gasteiger partial charge in [0.15, 0.2) is 0 Å². The minimum absolute atomic E-state index is 0.269. The minimum Gasteiger partial charge on any atom is -0.197 e. The van der Waals surface area contributed by atoms with Crippen LogP contribution in [0.4, 0.5) is 0 Å². The Hall–Kier alpha value is -0.770. The summed E-state index contributed by atoms with van der Waals surface area (Å²) in [5.74, 6) is 1.21. The van der Waals surface area contributed by atoms with E-state index in [0.717, 1.165) is 12.8 Å². The van der Waals surface area contributed by atoms with Gasteiger partial charge < -0.3 is 0 Å². The fourth-order valence-electron chi connectivity index (χ4n) is 1.17. The first kappa shape index (κ1) is 13.2. The second-order valence-electron chi connectivity index (χ2n) is 5.06. The van der Waals surface area contributed by atoms with Crippen LogP contribution in [0, 0.1) is 28.6 Å². The van der Waals surface area contributed by atoms with Gasteiger partial charge in [-0.2, -0.15) is 5.26 Å². The fourth-order valence-corrected chi connectivity index (χ4v) is 1.17. The Morgan fingerprint density at radius 2 is 1.86 bits per heavy atom. The fraction of sp³-hybridized carbons (Fsp3) is 0.769. The van der Waals surface area contributed by atoms with Crippen LogP contribution in [0.25, 0.3) is 0 Å². The maximum Gasteiger partial charge on any atom is 0.0728 e. The number of hydrogen-bond acceptors (Lipinski definition) is 1. The first-order valence-corrected chi connectivity index (χ1v) is 5.50. The van der Waals surface area contributed by atoms with E-state index in [0.29, 0.717) is 11.8 Å². The molecule has 0 aromatic rings. The molecule has 1 unspecified atom stereocenters. The second-order valence-corrected chi connectivity index (χ2v) is 5.06. The van der Waals surface area contributed by atoms with Crippen LogP contribution in [0.1, 0.15) is 47.5 Å². The molecule has 1 heteroatoms. The van der Waals surface area contributed by atoms with Crippen molar-refractivity contribution in [1.82, 2.24) is 0 Å². The zero-order valence-corrected chi connectivity index (χ0v) is 10.2. The van der Waals surface area contributed by atoms with E-state index in [2.05, 4.69) is 45.9 Å². The van der Waals surface area contributed by atoms with E-state index in [9.17, 15) is 0 Å². The lowest BCUT2D eigenvalue weighted by Gasteiger charge is -2.18. The Kier molecular flexibility index (Phi) is 5.53. The van der Waals surface area contributed by atoms with E-state index in [1.54, 1.807) is 0 Å². The standard InChI is InChI=1S/C13H23N/c1-11(2)6-8-13(5,10-14)9-7-12(3)4/h6,8,11-12H,7,9H2,1-5H3. The van der Waals surface area contributed by atoms with Crippen molar-refractivity contribution in [3.8, 4) is 6.07 Å². The molecule has 0 aliphatic heterocycles. The normalized spacial score (nSPS) is 16.1. The molecule has 0 aliphatic rings. The summed E-state index contributed by atoms with van der Waals surface area (Å²) in [6.45, 7) is 10.7. The molecule has 0 aromatic carbocycles. The summed E-state index contributed by atoms with van der Waals surface area (Å²) in [6.07, 6.45) is 6.28. The van der Waals surface area contributed by atoms with Crippen LogP contribution in [0.15, 0.2) is 12.2 Å². The van der Waals surface area contributed by atoms with Gasteiger partial charge in [0.25, 0.3) is 0 Å². The molecule has 1 atom stereocenters. The molecular weight excluding hydrogens is 170 g/mol. The van der Waals surface area contributed by atoms with Crippen molar-refractivity contribution in [3.63, 3.8) is 0 Å². The van der Waals surface area contributed by atoms with E-state index in [1.807, 2.05) is 6.92 Å². The van der Waals surface area contributed by atoms with Gasteiger partial charge in [-0.1, -0.05) is 39.8 Å². The minimum atomic E-state index is -0.269. The monoisotopic (exact) mass is 193 g/mol.